The minimum atomic E-state index is -0.124. The molecule has 1 aliphatic rings. The fraction of sp³-hybridized carbons (Fsp3) is 0.364. The molecule has 0 spiro atoms. The normalized spacial score (nSPS) is 16.5. The first-order valence-corrected chi connectivity index (χ1v) is 10.2. The third-order valence-corrected chi connectivity index (χ3v) is 5.94. The first kappa shape index (κ1) is 18.7. The van der Waals surface area contributed by atoms with Gasteiger partial charge in [0.25, 0.3) is 5.56 Å². The van der Waals surface area contributed by atoms with E-state index in [1.165, 1.54) is 0 Å². The van der Waals surface area contributed by atoms with E-state index in [4.69, 9.17) is 10.7 Å². The van der Waals surface area contributed by atoms with E-state index >= 15 is 0 Å². The second-order valence-corrected chi connectivity index (χ2v) is 8.56. The molecule has 1 saturated heterocycles. The molecule has 2 N–H and O–H groups in total. The first-order chi connectivity index (χ1) is 14.3. The largest absolute Gasteiger partial charge is 0.370 e. The third-order valence-electron chi connectivity index (χ3n) is 5.94. The van der Waals surface area contributed by atoms with Crippen LogP contribution in [0.4, 0.5) is 5.69 Å². The van der Waals surface area contributed by atoms with Crippen molar-refractivity contribution in [2.24, 2.45) is 5.73 Å². The topological polar surface area (TPSA) is 93.8 Å². The highest BCUT2D eigenvalue weighted by molar-refractivity contribution is 5.66. The average molecular weight is 403 g/mol. The van der Waals surface area contributed by atoms with Crippen LogP contribution in [0.1, 0.15) is 31.2 Å². The summed E-state index contributed by atoms with van der Waals surface area (Å²) in [5.74, 6) is 0. The highest BCUT2D eigenvalue weighted by Crippen LogP contribution is 2.25. The molecule has 0 amide bonds. The summed E-state index contributed by atoms with van der Waals surface area (Å²) in [6.45, 7) is 7.74. The number of hydrogen-bond donors (Lipinski definition) is 1. The average Bonchev–Trinajstić information content (AvgIpc) is 3.12. The van der Waals surface area contributed by atoms with Crippen molar-refractivity contribution in [1.29, 1.82) is 0 Å². The highest BCUT2D eigenvalue weighted by atomic mass is 16.1. The van der Waals surface area contributed by atoms with Gasteiger partial charge < -0.3 is 10.6 Å². The van der Waals surface area contributed by atoms with Crippen molar-refractivity contribution >= 4 is 16.9 Å². The number of piperidine rings is 1. The number of rotatable bonds is 2. The zero-order valence-corrected chi connectivity index (χ0v) is 17.5. The minimum absolute atomic E-state index is 0.110. The van der Waals surface area contributed by atoms with Gasteiger partial charge in [-0.15, -0.1) is 0 Å². The number of aromatic nitrogens is 5. The molecule has 0 unspecified atom stereocenters. The van der Waals surface area contributed by atoms with Gasteiger partial charge in [-0.2, -0.15) is 5.10 Å². The molecule has 0 atom stereocenters. The second-order valence-electron chi connectivity index (χ2n) is 8.56. The predicted octanol–water partition coefficient (Wildman–Crippen LogP) is 2.34. The van der Waals surface area contributed by atoms with Gasteiger partial charge in [-0.3, -0.25) is 14.2 Å². The smallest absolute Gasteiger partial charge is 0.258 e. The van der Waals surface area contributed by atoms with Gasteiger partial charge in [0, 0.05) is 30.9 Å². The second kappa shape index (κ2) is 6.63. The van der Waals surface area contributed by atoms with Gasteiger partial charge in [-0.25, -0.2) is 9.50 Å². The lowest BCUT2D eigenvalue weighted by Gasteiger charge is -2.38. The molecule has 5 rings (SSSR count). The number of pyridine rings is 1. The van der Waals surface area contributed by atoms with Crippen molar-refractivity contribution in [2.45, 2.75) is 39.2 Å². The zero-order valence-electron chi connectivity index (χ0n) is 17.5. The van der Waals surface area contributed by atoms with Crippen LogP contribution in [0.5, 0.6) is 0 Å². The molecule has 0 aliphatic carbocycles. The van der Waals surface area contributed by atoms with Crippen LogP contribution in [0.25, 0.3) is 22.6 Å². The fourth-order valence-corrected chi connectivity index (χ4v) is 4.10. The molecule has 8 nitrogen and oxygen atoms in total. The molecule has 4 aromatic heterocycles. The van der Waals surface area contributed by atoms with Crippen LogP contribution < -0.4 is 16.2 Å². The van der Waals surface area contributed by atoms with E-state index in [0.29, 0.717) is 17.0 Å². The molecule has 154 valence electrons. The van der Waals surface area contributed by atoms with E-state index in [1.54, 1.807) is 15.0 Å². The van der Waals surface area contributed by atoms with Gasteiger partial charge in [0.05, 0.1) is 34.5 Å². The van der Waals surface area contributed by atoms with E-state index in [9.17, 15) is 4.79 Å². The highest BCUT2D eigenvalue weighted by Gasteiger charge is 2.26. The monoisotopic (exact) mass is 403 g/mol. The maximum absolute atomic E-state index is 12.9. The van der Waals surface area contributed by atoms with Crippen molar-refractivity contribution in [3.8, 4) is 11.4 Å². The molecule has 0 bridgehead atoms. The van der Waals surface area contributed by atoms with Gasteiger partial charge in [0.2, 0.25) is 0 Å². The molecule has 0 radical (unpaired) electrons. The number of hydrogen-bond acceptors (Lipinski definition) is 6. The molecule has 0 saturated carbocycles. The number of fused-ring (bicyclic) bond motifs is 2. The Morgan fingerprint density at radius 1 is 1.03 bits per heavy atom. The van der Waals surface area contributed by atoms with Crippen LogP contribution >= 0.6 is 0 Å². The molecule has 0 aromatic carbocycles. The van der Waals surface area contributed by atoms with Crippen LogP contribution in [0.2, 0.25) is 0 Å². The molecule has 1 aliphatic heterocycles. The summed E-state index contributed by atoms with van der Waals surface area (Å²) in [6, 6.07) is 7.38. The maximum Gasteiger partial charge on any atom is 0.258 e. The summed E-state index contributed by atoms with van der Waals surface area (Å²) in [6.07, 6.45) is 5.60. The Kier molecular flexibility index (Phi) is 4.14. The van der Waals surface area contributed by atoms with Crippen LogP contribution in [0.3, 0.4) is 0 Å². The van der Waals surface area contributed by atoms with Crippen LogP contribution in [-0.2, 0) is 0 Å². The third kappa shape index (κ3) is 3.23. The first-order valence-electron chi connectivity index (χ1n) is 10.2. The molecule has 8 heteroatoms. The quantitative estimate of drug-likeness (QED) is 0.552. The molecule has 30 heavy (non-hydrogen) atoms. The van der Waals surface area contributed by atoms with Crippen LogP contribution in [-0.4, -0.2) is 42.6 Å². The fourth-order valence-electron chi connectivity index (χ4n) is 4.10. The van der Waals surface area contributed by atoms with E-state index in [2.05, 4.69) is 21.9 Å². The van der Waals surface area contributed by atoms with E-state index in [0.717, 1.165) is 48.5 Å². The van der Waals surface area contributed by atoms with Crippen molar-refractivity contribution in [3.05, 3.63) is 58.4 Å². The zero-order chi connectivity index (χ0) is 21.0. The summed E-state index contributed by atoms with van der Waals surface area (Å²) >= 11 is 0. The molecular formula is C22H25N7O. The van der Waals surface area contributed by atoms with Crippen molar-refractivity contribution in [3.63, 3.8) is 0 Å². The summed E-state index contributed by atoms with van der Waals surface area (Å²) in [7, 11) is 0. The lowest BCUT2D eigenvalue weighted by molar-refractivity contribution is 0.364. The Balaban J connectivity index is 1.53. The Morgan fingerprint density at radius 2 is 1.80 bits per heavy atom. The van der Waals surface area contributed by atoms with Crippen molar-refractivity contribution in [1.82, 2.24) is 24.0 Å². The maximum atomic E-state index is 12.9. The van der Waals surface area contributed by atoms with Gasteiger partial charge >= 0.3 is 0 Å². The number of nitrogens with zero attached hydrogens (tertiary/aromatic N) is 6. The Labute approximate surface area is 174 Å². The van der Waals surface area contributed by atoms with E-state index < -0.39 is 0 Å². The molecule has 5 heterocycles. The van der Waals surface area contributed by atoms with Crippen LogP contribution in [0, 0.1) is 13.8 Å². The molecule has 4 aromatic rings. The summed E-state index contributed by atoms with van der Waals surface area (Å²) < 4.78 is 3.39. The summed E-state index contributed by atoms with van der Waals surface area (Å²) in [5.41, 5.74) is 11.5. The number of anilines is 1. The van der Waals surface area contributed by atoms with Crippen LogP contribution in [0.15, 0.2) is 41.5 Å². The van der Waals surface area contributed by atoms with Gasteiger partial charge in [-0.1, -0.05) is 0 Å². The Morgan fingerprint density at radius 3 is 2.57 bits per heavy atom. The van der Waals surface area contributed by atoms with Crippen molar-refractivity contribution in [2.75, 3.05) is 18.0 Å². The van der Waals surface area contributed by atoms with Gasteiger partial charge in [-0.05, 0) is 51.8 Å². The Hall–Kier alpha value is -3.26. The number of nitrogens with two attached hydrogens (primary N) is 1. The predicted molar refractivity (Wildman–Crippen MR) is 117 cm³/mol. The standard InChI is InChI=1S/C22H25N7O/c1-14-12-29-19(15(2)24-14)10-18(26-29)17-11-21(30)28-13-16(4-5-20(28)25-17)27-8-6-22(3,23)7-9-27/h4-5,10-13H,6-9,23H2,1-3H3. The molecule has 1 fully saturated rings. The molecular weight excluding hydrogens is 378 g/mol. The SMILES string of the molecule is Cc1cn2nc(-c3cc(=O)n4cc(N5CCC(C)(N)CC5)ccc4n3)cc2c(C)n1. The number of aryl methyl sites for hydroxylation is 2. The van der Waals surface area contributed by atoms with Gasteiger partial charge in [0.1, 0.15) is 11.3 Å². The van der Waals surface area contributed by atoms with Crippen molar-refractivity contribution < 1.29 is 0 Å². The Bertz CT molecular complexity index is 1320. The summed E-state index contributed by atoms with van der Waals surface area (Å²) in [4.78, 5) is 24.3. The summed E-state index contributed by atoms with van der Waals surface area (Å²) in [5, 5.41) is 4.60. The van der Waals surface area contributed by atoms with Gasteiger partial charge in [0.15, 0.2) is 0 Å². The lowest BCUT2D eigenvalue weighted by Crippen LogP contribution is -2.48. The van der Waals surface area contributed by atoms with E-state index in [1.807, 2.05) is 44.4 Å². The lowest BCUT2D eigenvalue weighted by atomic mass is 9.91. The minimum Gasteiger partial charge on any atom is -0.370 e. The van der Waals surface area contributed by atoms with E-state index in [-0.39, 0.29) is 11.1 Å².